The van der Waals surface area contributed by atoms with Crippen molar-refractivity contribution in [1.82, 2.24) is 14.7 Å². The number of hydrogen-bond acceptors (Lipinski definition) is 3. The highest BCUT2D eigenvalue weighted by atomic mass is 16.2. The van der Waals surface area contributed by atoms with Gasteiger partial charge in [0.25, 0.3) is 0 Å². The maximum atomic E-state index is 12.6. The number of likely N-dealkylation sites (N-methyl/N-ethyl adjacent to an activating group) is 1. The monoisotopic (exact) mass is 279 g/mol. The molecule has 2 saturated heterocycles. The minimum Gasteiger partial charge on any atom is -0.341 e. The lowest BCUT2D eigenvalue weighted by molar-refractivity contribution is -0.143. The molecule has 1 atom stereocenters. The molecular formula is C15H25N3O2. The summed E-state index contributed by atoms with van der Waals surface area (Å²) in [6.07, 6.45) is 4.47. The highest BCUT2D eigenvalue weighted by molar-refractivity contribution is 5.87. The first-order chi connectivity index (χ1) is 9.48. The number of nitrogens with zero attached hydrogens (tertiary/aromatic N) is 3. The Balaban J connectivity index is 2.05. The van der Waals surface area contributed by atoms with Crippen LogP contribution in [0.5, 0.6) is 0 Å². The van der Waals surface area contributed by atoms with E-state index in [0.717, 1.165) is 32.4 Å². The molecule has 0 aromatic rings. The first-order valence-corrected chi connectivity index (χ1v) is 7.31. The Morgan fingerprint density at radius 2 is 2.15 bits per heavy atom. The average molecular weight is 279 g/mol. The summed E-state index contributed by atoms with van der Waals surface area (Å²) in [6.45, 7) is 6.90. The number of amides is 2. The fraction of sp³-hybridized carbons (Fsp3) is 0.733. The van der Waals surface area contributed by atoms with E-state index >= 15 is 0 Å². The van der Waals surface area contributed by atoms with E-state index in [1.807, 2.05) is 28.8 Å². The molecular weight excluding hydrogens is 254 g/mol. The van der Waals surface area contributed by atoms with Crippen molar-refractivity contribution in [3.63, 3.8) is 0 Å². The van der Waals surface area contributed by atoms with Gasteiger partial charge >= 0.3 is 0 Å². The summed E-state index contributed by atoms with van der Waals surface area (Å²) in [6, 6.07) is 0. The number of carbonyl (C=O) groups is 2. The van der Waals surface area contributed by atoms with E-state index in [4.69, 9.17) is 0 Å². The van der Waals surface area contributed by atoms with Gasteiger partial charge in [0.2, 0.25) is 11.8 Å². The van der Waals surface area contributed by atoms with Crippen LogP contribution in [-0.4, -0.2) is 73.3 Å². The van der Waals surface area contributed by atoms with Crippen LogP contribution in [0, 0.1) is 5.41 Å². The van der Waals surface area contributed by atoms with Gasteiger partial charge in [0.15, 0.2) is 0 Å². The standard InChI is InChI=1S/C15H25N3O2/c1-4-8-17-10-7-15(14(17)20)6-5-9-18(12-15)13(19)11-16(2)3/h4H,1,5-12H2,2-3H3/t15-/m1/s1. The highest BCUT2D eigenvalue weighted by Gasteiger charge is 2.49. The van der Waals surface area contributed by atoms with Gasteiger partial charge in [-0.25, -0.2) is 0 Å². The van der Waals surface area contributed by atoms with Crippen LogP contribution in [0.1, 0.15) is 19.3 Å². The van der Waals surface area contributed by atoms with Crippen LogP contribution in [0.25, 0.3) is 0 Å². The molecule has 0 radical (unpaired) electrons. The van der Waals surface area contributed by atoms with E-state index in [2.05, 4.69) is 6.58 Å². The zero-order valence-electron chi connectivity index (χ0n) is 12.6. The van der Waals surface area contributed by atoms with Crippen LogP contribution in [-0.2, 0) is 9.59 Å². The van der Waals surface area contributed by atoms with Gasteiger partial charge in [0.05, 0.1) is 12.0 Å². The van der Waals surface area contributed by atoms with Crippen LogP contribution in [0.4, 0.5) is 0 Å². The second-order valence-corrected chi connectivity index (χ2v) is 6.23. The molecule has 0 aromatic carbocycles. The minimum atomic E-state index is -0.330. The van der Waals surface area contributed by atoms with Gasteiger partial charge in [-0.15, -0.1) is 6.58 Å². The predicted molar refractivity (Wildman–Crippen MR) is 78.2 cm³/mol. The van der Waals surface area contributed by atoms with Crippen LogP contribution >= 0.6 is 0 Å². The molecule has 5 nitrogen and oxygen atoms in total. The van der Waals surface area contributed by atoms with Gasteiger partial charge in [-0.3, -0.25) is 9.59 Å². The normalized spacial score (nSPS) is 26.6. The maximum Gasteiger partial charge on any atom is 0.236 e. The number of carbonyl (C=O) groups excluding carboxylic acids is 2. The predicted octanol–water partition coefficient (Wildman–Crippen LogP) is 0.575. The van der Waals surface area contributed by atoms with Crippen LogP contribution < -0.4 is 0 Å². The molecule has 2 amide bonds. The van der Waals surface area contributed by atoms with E-state index in [-0.39, 0.29) is 17.2 Å². The van der Waals surface area contributed by atoms with E-state index in [9.17, 15) is 9.59 Å². The average Bonchev–Trinajstić information content (AvgIpc) is 2.68. The van der Waals surface area contributed by atoms with E-state index < -0.39 is 0 Å². The molecule has 2 heterocycles. The van der Waals surface area contributed by atoms with Crippen molar-refractivity contribution in [3.8, 4) is 0 Å². The minimum absolute atomic E-state index is 0.129. The zero-order chi connectivity index (χ0) is 14.8. The quantitative estimate of drug-likeness (QED) is 0.707. The molecule has 2 fully saturated rings. The lowest BCUT2D eigenvalue weighted by Gasteiger charge is -2.39. The van der Waals surface area contributed by atoms with Gasteiger partial charge in [-0.1, -0.05) is 6.08 Å². The zero-order valence-corrected chi connectivity index (χ0v) is 12.6. The Hall–Kier alpha value is -1.36. The topological polar surface area (TPSA) is 43.9 Å². The third-order valence-electron chi connectivity index (χ3n) is 4.33. The third-order valence-corrected chi connectivity index (χ3v) is 4.33. The smallest absolute Gasteiger partial charge is 0.236 e. The Morgan fingerprint density at radius 3 is 2.80 bits per heavy atom. The molecule has 0 bridgehead atoms. The Morgan fingerprint density at radius 1 is 1.40 bits per heavy atom. The largest absolute Gasteiger partial charge is 0.341 e. The fourth-order valence-corrected chi connectivity index (χ4v) is 3.32. The fourth-order valence-electron chi connectivity index (χ4n) is 3.32. The van der Waals surface area contributed by atoms with Gasteiger partial charge in [-0.2, -0.15) is 0 Å². The molecule has 0 unspecified atom stereocenters. The van der Waals surface area contributed by atoms with Crippen LogP contribution in [0.3, 0.4) is 0 Å². The molecule has 5 heteroatoms. The molecule has 112 valence electrons. The highest BCUT2D eigenvalue weighted by Crippen LogP contribution is 2.40. The summed E-state index contributed by atoms with van der Waals surface area (Å²) in [7, 11) is 3.79. The van der Waals surface area contributed by atoms with E-state index in [1.54, 1.807) is 6.08 Å². The van der Waals surface area contributed by atoms with E-state index in [1.165, 1.54) is 0 Å². The van der Waals surface area contributed by atoms with Gasteiger partial charge in [-0.05, 0) is 33.4 Å². The van der Waals surface area contributed by atoms with Crippen molar-refractivity contribution in [1.29, 1.82) is 0 Å². The van der Waals surface area contributed by atoms with Crippen molar-refractivity contribution in [2.24, 2.45) is 5.41 Å². The number of hydrogen-bond donors (Lipinski definition) is 0. The Kier molecular flexibility index (Phi) is 4.48. The molecule has 2 rings (SSSR count). The number of likely N-dealkylation sites (tertiary alicyclic amines) is 2. The molecule has 1 spiro atoms. The van der Waals surface area contributed by atoms with Crippen molar-refractivity contribution in [2.45, 2.75) is 19.3 Å². The summed E-state index contributed by atoms with van der Waals surface area (Å²) < 4.78 is 0. The van der Waals surface area contributed by atoms with Crippen molar-refractivity contribution >= 4 is 11.8 Å². The molecule has 0 aliphatic carbocycles. The second-order valence-electron chi connectivity index (χ2n) is 6.23. The van der Waals surface area contributed by atoms with Gasteiger partial charge < -0.3 is 14.7 Å². The number of rotatable bonds is 4. The van der Waals surface area contributed by atoms with Gasteiger partial charge in [0.1, 0.15) is 0 Å². The Bertz CT molecular complexity index is 408. The Labute approximate surface area is 121 Å². The molecule has 0 aromatic heterocycles. The van der Waals surface area contributed by atoms with Crippen molar-refractivity contribution < 1.29 is 9.59 Å². The summed E-state index contributed by atoms with van der Waals surface area (Å²) in [5.41, 5.74) is -0.330. The SMILES string of the molecule is C=CCN1CC[C@@]2(CCCN(C(=O)CN(C)C)C2)C1=O. The lowest BCUT2D eigenvalue weighted by Crippen LogP contribution is -2.51. The maximum absolute atomic E-state index is 12.6. The van der Waals surface area contributed by atoms with Gasteiger partial charge in [0, 0.05) is 26.2 Å². The summed E-state index contributed by atoms with van der Waals surface area (Å²) >= 11 is 0. The number of piperidine rings is 1. The first kappa shape index (κ1) is 15.0. The molecule has 20 heavy (non-hydrogen) atoms. The molecule has 0 N–H and O–H groups in total. The van der Waals surface area contributed by atoms with E-state index in [0.29, 0.717) is 19.6 Å². The van der Waals surface area contributed by atoms with Crippen LogP contribution in [0.2, 0.25) is 0 Å². The summed E-state index contributed by atoms with van der Waals surface area (Å²) in [4.78, 5) is 30.4. The molecule has 2 aliphatic heterocycles. The first-order valence-electron chi connectivity index (χ1n) is 7.31. The second kappa shape index (κ2) is 5.95. The van der Waals surface area contributed by atoms with Crippen molar-refractivity contribution in [2.75, 3.05) is 46.8 Å². The lowest BCUT2D eigenvalue weighted by atomic mass is 9.78. The van der Waals surface area contributed by atoms with Crippen LogP contribution in [0.15, 0.2) is 12.7 Å². The summed E-state index contributed by atoms with van der Waals surface area (Å²) in [5, 5.41) is 0. The third kappa shape index (κ3) is 2.87. The molecule has 0 saturated carbocycles. The summed E-state index contributed by atoms with van der Waals surface area (Å²) in [5.74, 6) is 0.337. The van der Waals surface area contributed by atoms with Crippen molar-refractivity contribution in [3.05, 3.63) is 12.7 Å². The molecule has 2 aliphatic rings.